The zero-order valence-electron chi connectivity index (χ0n) is 12.7. The van der Waals surface area contributed by atoms with Gasteiger partial charge in [-0.1, -0.05) is 43.3 Å². The summed E-state index contributed by atoms with van der Waals surface area (Å²) in [7, 11) is -2.46. The molecule has 0 saturated carbocycles. The molecule has 1 aliphatic rings. The summed E-state index contributed by atoms with van der Waals surface area (Å²) in [6.45, 7) is 1.87. The van der Waals surface area contributed by atoms with Gasteiger partial charge in [-0.2, -0.15) is 4.31 Å². The van der Waals surface area contributed by atoms with Gasteiger partial charge in [0.05, 0.1) is 13.2 Å². The van der Waals surface area contributed by atoms with Gasteiger partial charge in [-0.25, -0.2) is 8.42 Å². The van der Waals surface area contributed by atoms with Crippen molar-refractivity contribution in [3.05, 3.63) is 53.4 Å². The largest absolute Gasteiger partial charge is 0.468 e. The van der Waals surface area contributed by atoms with E-state index in [1.165, 1.54) is 11.4 Å². The van der Waals surface area contributed by atoms with Crippen molar-refractivity contribution in [2.24, 2.45) is 5.92 Å². The van der Waals surface area contributed by atoms with Crippen molar-refractivity contribution in [1.29, 1.82) is 0 Å². The lowest BCUT2D eigenvalue weighted by Gasteiger charge is -2.50. The van der Waals surface area contributed by atoms with Gasteiger partial charge in [0.15, 0.2) is 0 Å². The van der Waals surface area contributed by atoms with Gasteiger partial charge in [-0.05, 0) is 17.0 Å². The molecule has 1 saturated heterocycles. The topological polar surface area (TPSA) is 63.7 Å². The van der Waals surface area contributed by atoms with E-state index >= 15 is 0 Å². The molecular weight excluding hydrogens is 334 g/mol. The summed E-state index contributed by atoms with van der Waals surface area (Å²) in [5.41, 5.74) is 0.875. The Morgan fingerprint density at radius 3 is 2.43 bits per heavy atom. The third-order valence-corrected chi connectivity index (χ3v) is 7.39. The van der Waals surface area contributed by atoms with Crippen LogP contribution in [-0.4, -0.2) is 31.8 Å². The van der Waals surface area contributed by atoms with Crippen LogP contribution in [0.2, 0.25) is 0 Å². The normalized spacial score (nSPS) is 24.9. The lowest BCUT2D eigenvalue weighted by atomic mass is 9.80. The molecule has 1 aromatic heterocycles. The number of thiophene rings is 1. The van der Waals surface area contributed by atoms with Crippen LogP contribution < -0.4 is 0 Å². The van der Waals surface area contributed by atoms with E-state index in [0.29, 0.717) is 0 Å². The molecule has 0 bridgehead atoms. The molecule has 3 rings (SSSR count). The number of carbonyl (C=O) groups excluding carboxylic acids is 1. The van der Waals surface area contributed by atoms with Gasteiger partial charge in [-0.3, -0.25) is 4.79 Å². The van der Waals surface area contributed by atoms with Crippen LogP contribution in [-0.2, 0) is 19.6 Å². The molecular formula is C16H17NO4S2. The predicted octanol–water partition coefficient (Wildman–Crippen LogP) is 2.67. The third kappa shape index (κ3) is 2.58. The van der Waals surface area contributed by atoms with Crippen LogP contribution in [0, 0.1) is 5.92 Å². The van der Waals surface area contributed by atoms with Crippen LogP contribution in [0.4, 0.5) is 0 Å². The van der Waals surface area contributed by atoms with E-state index in [1.54, 1.807) is 17.5 Å². The van der Waals surface area contributed by atoms with E-state index in [-0.39, 0.29) is 16.2 Å². The molecule has 0 aliphatic carbocycles. The quantitative estimate of drug-likeness (QED) is 0.795. The molecule has 3 atom stereocenters. The second-order valence-electron chi connectivity index (χ2n) is 5.45. The minimum Gasteiger partial charge on any atom is -0.468 e. The SMILES string of the molecule is COC(=O)[C@H]1[C@@H](C)[C@@H](c2ccccc2)N1S(=O)(=O)c1cccs1. The van der Waals surface area contributed by atoms with Crippen molar-refractivity contribution in [3.8, 4) is 0 Å². The number of methoxy groups -OCH3 is 1. The van der Waals surface area contributed by atoms with E-state index < -0.39 is 22.0 Å². The molecule has 0 N–H and O–H groups in total. The van der Waals surface area contributed by atoms with E-state index in [4.69, 9.17) is 4.74 Å². The van der Waals surface area contributed by atoms with Gasteiger partial charge in [0.25, 0.3) is 10.0 Å². The number of sulfonamides is 1. The smallest absolute Gasteiger partial charge is 0.324 e. The molecule has 0 unspecified atom stereocenters. The molecule has 1 aromatic carbocycles. The number of rotatable bonds is 4. The lowest BCUT2D eigenvalue weighted by molar-refractivity contribution is -0.155. The molecule has 5 nitrogen and oxygen atoms in total. The van der Waals surface area contributed by atoms with Crippen LogP contribution in [0.5, 0.6) is 0 Å². The predicted molar refractivity (Wildman–Crippen MR) is 87.5 cm³/mol. The summed E-state index contributed by atoms with van der Waals surface area (Å²) >= 11 is 1.15. The van der Waals surface area contributed by atoms with Gasteiger partial charge >= 0.3 is 5.97 Å². The number of benzene rings is 1. The van der Waals surface area contributed by atoms with Crippen LogP contribution in [0.1, 0.15) is 18.5 Å². The van der Waals surface area contributed by atoms with E-state index in [9.17, 15) is 13.2 Å². The Kier molecular flexibility index (Phi) is 4.27. The van der Waals surface area contributed by atoms with Crippen LogP contribution in [0.15, 0.2) is 52.1 Å². The van der Waals surface area contributed by atoms with Gasteiger partial charge in [0.1, 0.15) is 10.3 Å². The van der Waals surface area contributed by atoms with Crippen molar-refractivity contribution in [3.63, 3.8) is 0 Å². The standard InChI is InChI=1S/C16H17NO4S2/c1-11-14(12-7-4-3-5-8-12)17(15(11)16(18)21-2)23(19,20)13-9-6-10-22-13/h3-11,14-15H,1-2H3/t11-,14-,15+/m0/s1. The van der Waals surface area contributed by atoms with Gasteiger partial charge in [0, 0.05) is 5.92 Å². The molecule has 2 aromatic rings. The Labute approximate surface area is 139 Å². The fraction of sp³-hybridized carbons (Fsp3) is 0.312. The first-order chi connectivity index (χ1) is 11.0. The molecule has 0 radical (unpaired) electrons. The maximum atomic E-state index is 13.0. The monoisotopic (exact) mass is 351 g/mol. The van der Waals surface area contributed by atoms with Crippen molar-refractivity contribution in [1.82, 2.24) is 4.31 Å². The molecule has 1 fully saturated rings. The second-order valence-corrected chi connectivity index (χ2v) is 8.47. The molecule has 7 heteroatoms. The summed E-state index contributed by atoms with van der Waals surface area (Å²) in [5.74, 6) is -0.676. The minimum absolute atomic E-state index is 0.153. The highest BCUT2D eigenvalue weighted by atomic mass is 32.2. The second kappa shape index (κ2) is 6.07. The van der Waals surface area contributed by atoms with Crippen molar-refractivity contribution in [2.75, 3.05) is 7.11 Å². The average Bonchev–Trinajstić information content (AvgIpc) is 3.08. The Morgan fingerprint density at radius 1 is 1.17 bits per heavy atom. The summed E-state index contributed by atoms with van der Waals surface area (Å²) in [4.78, 5) is 12.1. The van der Waals surface area contributed by atoms with Gasteiger partial charge in [0.2, 0.25) is 0 Å². The van der Waals surface area contributed by atoms with Crippen molar-refractivity contribution in [2.45, 2.75) is 23.2 Å². The number of esters is 1. The van der Waals surface area contributed by atoms with Gasteiger partial charge in [-0.15, -0.1) is 11.3 Å². The lowest BCUT2D eigenvalue weighted by Crippen LogP contribution is -2.62. The molecule has 0 amide bonds. The van der Waals surface area contributed by atoms with Crippen molar-refractivity contribution < 1.29 is 17.9 Å². The third-order valence-electron chi connectivity index (χ3n) is 4.16. The summed E-state index contributed by atoms with van der Waals surface area (Å²) in [5, 5.41) is 1.71. The molecule has 23 heavy (non-hydrogen) atoms. The Balaban J connectivity index is 2.05. The van der Waals surface area contributed by atoms with Gasteiger partial charge < -0.3 is 4.74 Å². The number of hydrogen-bond donors (Lipinski definition) is 0. The average molecular weight is 351 g/mol. The molecule has 1 aliphatic heterocycles. The highest BCUT2D eigenvalue weighted by molar-refractivity contribution is 7.91. The van der Waals surface area contributed by atoms with E-state index in [2.05, 4.69) is 0 Å². The minimum atomic E-state index is -3.74. The summed E-state index contributed by atoms with van der Waals surface area (Å²) in [6.07, 6.45) is 0. The van der Waals surface area contributed by atoms with E-state index in [0.717, 1.165) is 16.9 Å². The highest BCUT2D eigenvalue weighted by Gasteiger charge is 2.57. The Morgan fingerprint density at radius 2 is 1.87 bits per heavy atom. The highest BCUT2D eigenvalue weighted by Crippen LogP contribution is 2.48. The number of ether oxygens (including phenoxy) is 1. The fourth-order valence-electron chi connectivity index (χ4n) is 3.06. The van der Waals surface area contributed by atoms with Crippen LogP contribution in [0.3, 0.4) is 0 Å². The first-order valence-corrected chi connectivity index (χ1v) is 9.50. The summed E-state index contributed by atoms with van der Waals surface area (Å²) < 4.78 is 32.3. The first-order valence-electron chi connectivity index (χ1n) is 7.18. The zero-order valence-corrected chi connectivity index (χ0v) is 14.4. The number of hydrogen-bond acceptors (Lipinski definition) is 5. The molecule has 0 spiro atoms. The fourth-order valence-corrected chi connectivity index (χ4v) is 6.07. The number of carbonyl (C=O) groups is 1. The maximum absolute atomic E-state index is 13.0. The maximum Gasteiger partial charge on any atom is 0.324 e. The van der Waals surface area contributed by atoms with Crippen LogP contribution in [0.25, 0.3) is 0 Å². The summed E-state index contributed by atoms with van der Waals surface area (Å²) in [6, 6.07) is 11.4. The molecule has 2 heterocycles. The molecule has 122 valence electrons. The number of nitrogens with zero attached hydrogens (tertiary/aromatic N) is 1. The Hall–Kier alpha value is -1.70. The first kappa shape index (κ1) is 16.2. The van der Waals surface area contributed by atoms with E-state index in [1.807, 2.05) is 37.3 Å². The van der Waals surface area contributed by atoms with Crippen LogP contribution >= 0.6 is 11.3 Å². The Bertz CT molecular complexity index is 787. The zero-order chi connectivity index (χ0) is 16.6. The van der Waals surface area contributed by atoms with Crippen molar-refractivity contribution >= 4 is 27.3 Å².